The molecule has 1 saturated carbocycles. The normalized spacial score (nSPS) is 29.9. The highest BCUT2D eigenvalue weighted by atomic mass is 32.2. The molecule has 4 heteroatoms. The first-order valence-electron chi connectivity index (χ1n) is 6.78. The lowest BCUT2D eigenvalue weighted by Crippen LogP contribution is -2.48. The Morgan fingerprint density at radius 2 is 2.00 bits per heavy atom. The van der Waals surface area contributed by atoms with Crippen molar-refractivity contribution >= 4 is 9.84 Å². The molecular formula is C13H27NO2S. The maximum atomic E-state index is 11.7. The van der Waals surface area contributed by atoms with Crippen LogP contribution in [0, 0.1) is 11.8 Å². The molecule has 1 aliphatic rings. The predicted molar refractivity (Wildman–Crippen MR) is 72.9 cm³/mol. The summed E-state index contributed by atoms with van der Waals surface area (Å²) >= 11 is 0. The van der Waals surface area contributed by atoms with E-state index in [1.54, 1.807) is 0 Å². The van der Waals surface area contributed by atoms with Gasteiger partial charge in [-0.15, -0.1) is 0 Å². The zero-order chi connectivity index (χ0) is 13.1. The lowest BCUT2D eigenvalue weighted by atomic mass is 9.78. The van der Waals surface area contributed by atoms with E-state index in [4.69, 9.17) is 0 Å². The molecule has 3 nitrogen and oxygen atoms in total. The van der Waals surface area contributed by atoms with Crippen LogP contribution in [0.25, 0.3) is 0 Å². The highest BCUT2D eigenvalue weighted by Crippen LogP contribution is 2.32. The fraction of sp³-hybridized carbons (Fsp3) is 1.00. The first kappa shape index (κ1) is 15.0. The highest BCUT2D eigenvalue weighted by molar-refractivity contribution is 7.91. The van der Waals surface area contributed by atoms with Crippen molar-refractivity contribution in [1.29, 1.82) is 0 Å². The van der Waals surface area contributed by atoms with Gasteiger partial charge in [0.25, 0.3) is 0 Å². The van der Waals surface area contributed by atoms with Crippen LogP contribution in [0.1, 0.15) is 46.5 Å². The van der Waals surface area contributed by atoms with E-state index in [1.165, 1.54) is 25.5 Å². The molecule has 4 unspecified atom stereocenters. The minimum atomic E-state index is -2.95. The Kier molecular flexibility index (Phi) is 5.45. The maximum Gasteiger partial charge on any atom is 0.151 e. The molecule has 0 radical (unpaired) electrons. The fourth-order valence-corrected chi connectivity index (χ4v) is 3.88. The Balaban J connectivity index is 2.77. The molecule has 0 amide bonds. The van der Waals surface area contributed by atoms with Gasteiger partial charge < -0.3 is 5.32 Å². The third kappa shape index (κ3) is 4.25. The van der Waals surface area contributed by atoms with Gasteiger partial charge in [0.2, 0.25) is 0 Å². The van der Waals surface area contributed by atoms with E-state index in [0.29, 0.717) is 5.92 Å². The van der Waals surface area contributed by atoms with Crippen molar-refractivity contribution in [2.24, 2.45) is 11.8 Å². The van der Waals surface area contributed by atoms with Crippen LogP contribution in [0.2, 0.25) is 0 Å². The number of hydrogen-bond acceptors (Lipinski definition) is 3. The van der Waals surface area contributed by atoms with Crippen molar-refractivity contribution in [2.45, 2.75) is 57.7 Å². The average molecular weight is 261 g/mol. The molecule has 1 N–H and O–H groups in total. The molecule has 0 aromatic carbocycles. The Bertz CT molecular complexity index is 326. The van der Waals surface area contributed by atoms with Crippen molar-refractivity contribution < 1.29 is 8.42 Å². The van der Waals surface area contributed by atoms with Gasteiger partial charge in [0.05, 0.1) is 5.25 Å². The van der Waals surface area contributed by atoms with Crippen LogP contribution < -0.4 is 5.32 Å². The van der Waals surface area contributed by atoms with Crippen LogP contribution in [0.15, 0.2) is 0 Å². The summed E-state index contributed by atoms with van der Waals surface area (Å²) in [5.41, 5.74) is 0. The minimum absolute atomic E-state index is 0.123. The van der Waals surface area contributed by atoms with E-state index in [1.807, 2.05) is 13.8 Å². The van der Waals surface area contributed by atoms with Gasteiger partial charge in [0.15, 0.2) is 9.84 Å². The first-order chi connectivity index (χ1) is 7.86. The van der Waals surface area contributed by atoms with E-state index in [0.717, 1.165) is 18.9 Å². The van der Waals surface area contributed by atoms with E-state index < -0.39 is 9.84 Å². The second-order valence-electron chi connectivity index (χ2n) is 5.65. The predicted octanol–water partition coefficient (Wildman–Crippen LogP) is 2.22. The van der Waals surface area contributed by atoms with Gasteiger partial charge in [-0.05, 0) is 38.1 Å². The summed E-state index contributed by atoms with van der Waals surface area (Å²) in [6.07, 6.45) is 6.22. The second-order valence-corrected chi connectivity index (χ2v) is 8.05. The van der Waals surface area contributed by atoms with Gasteiger partial charge >= 0.3 is 0 Å². The van der Waals surface area contributed by atoms with Crippen molar-refractivity contribution in [2.75, 3.05) is 12.8 Å². The van der Waals surface area contributed by atoms with Gasteiger partial charge in [0, 0.05) is 12.3 Å². The first-order valence-corrected chi connectivity index (χ1v) is 8.74. The molecule has 0 heterocycles. The standard InChI is InChI=1S/C13H27NO2S/c1-5-14-13(11(3)17(4,15)16)12-8-6-7-10(2)9-12/h10-14H,5-9H2,1-4H3. The molecule has 0 aromatic heterocycles. The van der Waals surface area contributed by atoms with Crippen molar-refractivity contribution in [3.05, 3.63) is 0 Å². The molecule has 17 heavy (non-hydrogen) atoms. The lowest BCUT2D eigenvalue weighted by Gasteiger charge is -2.36. The summed E-state index contributed by atoms with van der Waals surface area (Å²) in [6.45, 7) is 7.02. The lowest BCUT2D eigenvalue weighted by molar-refractivity contribution is 0.221. The van der Waals surface area contributed by atoms with Crippen LogP contribution in [0.3, 0.4) is 0 Å². The molecular weight excluding hydrogens is 234 g/mol. The van der Waals surface area contributed by atoms with Gasteiger partial charge in [0.1, 0.15) is 0 Å². The fourth-order valence-electron chi connectivity index (χ4n) is 3.03. The summed E-state index contributed by atoms with van der Waals surface area (Å²) in [6, 6.07) is 0.123. The zero-order valence-corrected chi connectivity index (χ0v) is 12.4. The summed E-state index contributed by atoms with van der Waals surface area (Å²) in [4.78, 5) is 0. The SMILES string of the molecule is CCNC(C1CCCC(C)C1)C(C)S(C)(=O)=O. The second kappa shape index (κ2) is 6.19. The minimum Gasteiger partial charge on any atom is -0.313 e. The molecule has 0 aliphatic heterocycles. The number of nitrogens with one attached hydrogen (secondary N) is 1. The van der Waals surface area contributed by atoms with Crippen LogP contribution in [-0.2, 0) is 9.84 Å². The topological polar surface area (TPSA) is 46.2 Å². The summed E-state index contributed by atoms with van der Waals surface area (Å²) in [5, 5.41) is 3.12. The van der Waals surface area contributed by atoms with Crippen molar-refractivity contribution in [3.63, 3.8) is 0 Å². The number of sulfone groups is 1. The van der Waals surface area contributed by atoms with Crippen molar-refractivity contribution in [1.82, 2.24) is 5.32 Å². The molecule has 0 saturated heterocycles. The highest BCUT2D eigenvalue weighted by Gasteiger charge is 2.34. The third-order valence-electron chi connectivity index (χ3n) is 4.11. The molecule has 1 aliphatic carbocycles. The molecule has 1 fully saturated rings. The summed E-state index contributed by atoms with van der Waals surface area (Å²) in [5.74, 6) is 1.25. The van der Waals surface area contributed by atoms with Crippen LogP contribution in [0.5, 0.6) is 0 Å². The molecule has 4 atom stereocenters. The Morgan fingerprint density at radius 3 is 2.47 bits per heavy atom. The van der Waals surface area contributed by atoms with E-state index in [2.05, 4.69) is 12.2 Å². The molecule has 0 aromatic rings. The van der Waals surface area contributed by atoms with Crippen LogP contribution in [0.4, 0.5) is 0 Å². The van der Waals surface area contributed by atoms with Gasteiger partial charge in [-0.3, -0.25) is 0 Å². The maximum absolute atomic E-state index is 11.7. The Labute approximate surface area is 106 Å². The molecule has 102 valence electrons. The average Bonchev–Trinajstić information content (AvgIpc) is 2.23. The smallest absolute Gasteiger partial charge is 0.151 e. The molecule has 1 rings (SSSR count). The number of hydrogen-bond donors (Lipinski definition) is 1. The van der Waals surface area contributed by atoms with Gasteiger partial charge in [-0.1, -0.05) is 26.7 Å². The van der Waals surface area contributed by atoms with Crippen LogP contribution >= 0.6 is 0 Å². The van der Waals surface area contributed by atoms with Crippen molar-refractivity contribution in [3.8, 4) is 0 Å². The van der Waals surface area contributed by atoms with E-state index in [9.17, 15) is 8.42 Å². The summed E-state index contributed by atoms with van der Waals surface area (Å²) in [7, 11) is -2.95. The van der Waals surface area contributed by atoms with Gasteiger partial charge in [-0.25, -0.2) is 8.42 Å². The zero-order valence-electron chi connectivity index (χ0n) is 11.6. The Morgan fingerprint density at radius 1 is 1.35 bits per heavy atom. The van der Waals surface area contributed by atoms with Gasteiger partial charge in [-0.2, -0.15) is 0 Å². The largest absolute Gasteiger partial charge is 0.313 e. The van der Waals surface area contributed by atoms with E-state index >= 15 is 0 Å². The van der Waals surface area contributed by atoms with E-state index in [-0.39, 0.29) is 11.3 Å². The van der Waals surface area contributed by atoms with Crippen LogP contribution in [-0.4, -0.2) is 32.5 Å². The summed E-state index contributed by atoms with van der Waals surface area (Å²) < 4.78 is 23.5. The molecule has 0 bridgehead atoms. The Hall–Kier alpha value is -0.0900. The molecule has 0 spiro atoms. The number of rotatable bonds is 5. The third-order valence-corrected chi connectivity index (χ3v) is 5.75. The quantitative estimate of drug-likeness (QED) is 0.825. The monoisotopic (exact) mass is 261 g/mol.